The molecule has 2 fully saturated rings. The topological polar surface area (TPSA) is 37.4 Å². The van der Waals surface area contributed by atoms with E-state index in [0.29, 0.717) is 11.5 Å². The van der Waals surface area contributed by atoms with Crippen molar-refractivity contribution in [1.29, 1.82) is 0 Å². The van der Waals surface area contributed by atoms with Gasteiger partial charge >= 0.3 is 0 Å². The second kappa shape index (κ2) is 2.81. The van der Waals surface area contributed by atoms with Crippen molar-refractivity contribution in [2.24, 2.45) is 5.41 Å². The third kappa shape index (κ3) is 1.63. The van der Waals surface area contributed by atoms with Gasteiger partial charge in [0.05, 0.1) is 11.5 Å². The van der Waals surface area contributed by atoms with Gasteiger partial charge in [0.2, 0.25) is 0 Å². The van der Waals surface area contributed by atoms with Crippen molar-refractivity contribution in [3.63, 3.8) is 0 Å². The van der Waals surface area contributed by atoms with Crippen LogP contribution in [0.5, 0.6) is 0 Å². The van der Waals surface area contributed by atoms with Crippen LogP contribution in [0.3, 0.4) is 0 Å². The molecule has 2 heterocycles. The van der Waals surface area contributed by atoms with E-state index < -0.39 is 9.84 Å². The van der Waals surface area contributed by atoms with Gasteiger partial charge in [-0.15, -0.1) is 0 Å². The van der Waals surface area contributed by atoms with Crippen LogP contribution in [0.4, 0.5) is 0 Å². The van der Waals surface area contributed by atoms with E-state index in [1.807, 2.05) is 0 Å². The number of piperidine rings is 1. The number of nitrogens with zero attached hydrogens (tertiary/aromatic N) is 1. The van der Waals surface area contributed by atoms with Crippen LogP contribution in [-0.4, -0.2) is 36.1 Å². The van der Waals surface area contributed by atoms with Gasteiger partial charge in [0.15, 0.2) is 9.84 Å². The quantitative estimate of drug-likeness (QED) is 0.492. The highest BCUT2D eigenvalue weighted by Gasteiger charge is 2.49. The van der Waals surface area contributed by atoms with Crippen LogP contribution >= 0.6 is 22.9 Å². The monoisotopic (exact) mass is 301 g/mol. The lowest BCUT2D eigenvalue weighted by atomic mass is 9.82. The Bertz CT molecular complexity index is 266. The molecule has 2 aliphatic rings. The lowest BCUT2D eigenvalue weighted by molar-refractivity contribution is 0.202. The number of hydrogen-bond donors (Lipinski definition) is 0. The Morgan fingerprint density at radius 1 is 1.17 bits per heavy atom. The molecular formula is C7H12INO2S. The van der Waals surface area contributed by atoms with Crippen molar-refractivity contribution >= 4 is 32.7 Å². The molecule has 12 heavy (non-hydrogen) atoms. The molecule has 0 N–H and O–H groups in total. The molecule has 0 atom stereocenters. The van der Waals surface area contributed by atoms with Crippen LogP contribution in [0.1, 0.15) is 12.8 Å². The molecule has 1 spiro atoms. The Labute approximate surface area is 86.9 Å². The molecule has 0 aromatic rings. The van der Waals surface area contributed by atoms with Crippen LogP contribution in [0.2, 0.25) is 0 Å². The summed E-state index contributed by atoms with van der Waals surface area (Å²) in [5, 5.41) is 0. The first kappa shape index (κ1) is 9.21. The highest BCUT2D eigenvalue weighted by molar-refractivity contribution is 14.1. The van der Waals surface area contributed by atoms with E-state index in [9.17, 15) is 8.42 Å². The molecule has 0 unspecified atom stereocenters. The predicted molar refractivity (Wildman–Crippen MR) is 55.9 cm³/mol. The van der Waals surface area contributed by atoms with Gasteiger partial charge in [-0.05, 0) is 12.8 Å². The van der Waals surface area contributed by atoms with Gasteiger partial charge in [-0.25, -0.2) is 11.5 Å². The summed E-state index contributed by atoms with van der Waals surface area (Å²) in [5.74, 6) is 0.898. The zero-order valence-corrected chi connectivity index (χ0v) is 9.77. The maximum atomic E-state index is 11.0. The van der Waals surface area contributed by atoms with E-state index in [-0.39, 0.29) is 5.41 Å². The Morgan fingerprint density at radius 2 is 1.67 bits per heavy atom. The Kier molecular flexibility index (Phi) is 2.16. The third-order valence-corrected chi connectivity index (χ3v) is 5.89. The van der Waals surface area contributed by atoms with Gasteiger partial charge in [-0.1, -0.05) is 0 Å². The minimum atomic E-state index is -2.63. The third-order valence-electron chi connectivity index (χ3n) is 2.82. The maximum Gasteiger partial charge on any atom is 0.151 e. The zero-order chi connectivity index (χ0) is 8.82. The average Bonchev–Trinajstić information content (AvgIpc) is 1.91. The lowest BCUT2D eigenvalue weighted by Crippen LogP contribution is -2.53. The molecule has 0 bridgehead atoms. The van der Waals surface area contributed by atoms with Crippen LogP contribution in [0, 0.1) is 5.41 Å². The van der Waals surface area contributed by atoms with Crippen molar-refractivity contribution in [1.82, 2.24) is 3.11 Å². The summed E-state index contributed by atoms with van der Waals surface area (Å²) in [6.07, 6.45) is 2.13. The Morgan fingerprint density at radius 3 is 2.08 bits per heavy atom. The summed E-state index contributed by atoms with van der Waals surface area (Å²) >= 11 is 2.31. The molecule has 5 heteroatoms. The SMILES string of the molecule is O=S1(=O)CC2(CCN(I)CC2)C1. The van der Waals surface area contributed by atoms with E-state index in [4.69, 9.17) is 0 Å². The second-order valence-corrected chi connectivity index (χ2v) is 7.37. The second-order valence-electron chi connectivity index (χ2n) is 3.94. The van der Waals surface area contributed by atoms with Crippen LogP contribution in [0.15, 0.2) is 0 Å². The molecule has 2 saturated heterocycles. The summed E-state index contributed by atoms with van der Waals surface area (Å²) in [7, 11) is -2.63. The van der Waals surface area contributed by atoms with E-state index in [2.05, 4.69) is 26.0 Å². The molecule has 0 aromatic carbocycles. The smallest absolute Gasteiger partial charge is 0.151 e. The minimum Gasteiger partial charge on any atom is -0.248 e. The number of sulfone groups is 1. The normalized spacial score (nSPS) is 33.1. The molecule has 0 amide bonds. The highest BCUT2D eigenvalue weighted by atomic mass is 127. The molecule has 3 nitrogen and oxygen atoms in total. The summed E-state index contributed by atoms with van der Waals surface area (Å²) in [5.41, 5.74) is 0.181. The minimum absolute atomic E-state index is 0.181. The Hall–Kier alpha value is 0.640. The average molecular weight is 301 g/mol. The van der Waals surface area contributed by atoms with Gasteiger partial charge < -0.3 is 0 Å². The summed E-state index contributed by atoms with van der Waals surface area (Å²) in [4.78, 5) is 0. The van der Waals surface area contributed by atoms with Gasteiger partial charge in [0, 0.05) is 41.4 Å². The first-order chi connectivity index (χ1) is 5.52. The van der Waals surface area contributed by atoms with Gasteiger partial charge in [0.25, 0.3) is 0 Å². The number of hydrogen-bond acceptors (Lipinski definition) is 3. The number of rotatable bonds is 0. The van der Waals surface area contributed by atoms with Crippen molar-refractivity contribution in [2.45, 2.75) is 12.8 Å². The summed E-state index contributed by atoms with van der Waals surface area (Å²) < 4.78 is 24.3. The molecule has 0 aromatic heterocycles. The zero-order valence-electron chi connectivity index (χ0n) is 6.79. The summed E-state index contributed by atoms with van der Waals surface area (Å²) in [6.45, 7) is 2.10. The van der Waals surface area contributed by atoms with Crippen molar-refractivity contribution in [2.75, 3.05) is 24.6 Å². The highest BCUT2D eigenvalue weighted by Crippen LogP contribution is 2.42. The van der Waals surface area contributed by atoms with Gasteiger partial charge in [-0.2, -0.15) is 0 Å². The first-order valence-electron chi connectivity index (χ1n) is 4.13. The van der Waals surface area contributed by atoms with Gasteiger partial charge in [0.1, 0.15) is 0 Å². The van der Waals surface area contributed by atoms with Gasteiger partial charge in [-0.3, -0.25) is 0 Å². The van der Waals surface area contributed by atoms with E-state index in [1.54, 1.807) is 0 Å². The van der Waals surface area contributed by atoms with Crippen molar-refractivity contribution < 1.29 is 8.42 Å². The van der Waals surface area contributed by atoms with E-state index in [0.717, 1.165) is 25.9 Å². The van der Waals surface area contributed by atoms with Crippen LogP contribution in [-0.2, 0) is 9.84 Å². The summed E-state index contributed by atoms with van der Waals surface area (Å²) in [6, 6.07) is 0. The number of halogens is 1. The standard InChI is InChI=1S/C7H12INO2S/c8-9-3-1-7(2-4-9)5-12(10,11)6-7/h1-6H2. The Balaban J connectivity index is 2.00. The molecule has 0 radical (unpaired) electrons. The molecule has 0 aliphatic carbocycles. The molecule has 0 saturated carbocycles. The van der Waals surface area contributed by atoms with Crippen molar-refractivity contribution in [3.05, 3.63) is 0 Å². The van der Waals surface area contributed by atoms with Crippen LogP contribution in [0.25, 0.3) is 0 Å². The molecular weight excluding hydrogens is 289 g/mol. The fourth-order valence-corrected chi connectivity index (χ4v) is 4.97. The molecule has 2 rings (SSSR count). The largest absolute Gasteiger partial charge is 0.248 e. The first-order valence-corrected chi connectivity index (χ1v) is 6.91. The molecule has 70 valence electrons. The van der Waals surface area contributed by atoms with Crippen molar-refractivity contribution in [3.8, 4) is 0 Å². The fraction of sp³-hybridized carbons (Fsp3) is 1.00. The predicted octanol–water partition coefficient (Wildman–Crippen LogP) is 0.847. The maximum absolute atomic E-state index is 11.0. The van der Waals surface area contributed by atoms with Crippen LogP contribution < -0.4 is 0 Å². The molecule has 2 aliphatic heterocycles. The fourth-order valence-electron chi connectivity index (χ4n) is 2.13. The van der Waals surface area contributed by atoms with E-state index in [1.165, 1.54) is 0 Å². The van der Waals surface area contributed by atoms with E-state index >= 15 is 0 Å². The lowest BCUT2D eigenvalue weighted by Gasteiger charge is -2.45.